The summed E-state index contributed by atoms with van der Waals surface area (Å²) in [5.74, 6) is 0. The SMILES string of the molecule is COOSNc1cc(C)ccc1C. The molecule has 1 aromatic rings. The highest BCUT2D eigenvalue weighted by Gasteiger charge is 1.97. The Morgan fingerprint density at radius 2 is 2.08 bits per heavy atom. The Morgan fingerprint density at radius 3 is 2.77 bits per heavy atom. The van der Waals surface area contributed by atoms with E-state index in [0.29, 0.717) is 0 Å². The van der Waals surface area contributed by atoms with E-state index in [1.54, 1.807) is 0 Å². The second kappa shape index (κ2) is 5.11. The van der Waals surface area contributed by atoms with Crippen molar-refractivity contribution in [2.24, 2.45) is 0 Å². The third-order valence-electron chi connectivity index (χ3n) is 1.65. The molecule has 0 aliphatic rings. The summed E-state index contributed by atoms with van der Waals surface area (Å²) in [5.41, 5.74) is 3.44. The van der Waals surface area contributed by atoms with E-state index < -0.39 is 0 Å². The predicted molar refractivity (Wildman–Crippen MR) is 55.2 cm³/mol. The monoisotopic (exact) mass is 199 g/mol. The summed E-state index contributed by atoms with van der Waals surface area (Å²) in [4.78, 5) is 4.43. The summed E-state index contributed by atoms with van der Waals surface area (Å²) in [5, 5.41) is 0. The van der Waals surface area contributed by atoms with E-state index in [-0.39, 0.29) is 0 Å². The van der Waals surface area contributed by atoms with Crippen molar-refractivity contribution in [1.82, 2.24) is 0 Å². The second-order valence-corrected chi connectivity index (χ2v) is 3.25. The van der Waals surface area contributed by atoms with Gasteiger partial charge in [0.05, 0.1) is 7.11 Å². The van der Waals surface area contributed by atoms with Gasteiger partial charge in [0, 0.05) is 5.69 Å². The molecule has 0 radical (unpaired) electrons. The highest BCUT2D eigenvalue weighted by atomic mass is 32.2. The van der Waals surface area contributed by atoms with Crippen LogP contribution in [0.5, 0.6) is 0 Å². The zero-order valence-electron chi connectivity index (χ0n) is 7.96. The molecular formula is C9H13NO2S. The van der Waals surface area contributed by atoms with Crippen LogP contribution in [0.4, 0.5) is 5.69 Å². The van der Waals surface area contributed by atoms with Crippen LogP contribution in [-0.2, 0) is 9.22 Å². The maximum atomic E-state index is 4.64. The van der Waals surface area contributed by atoms with Crippen molar-refractivity contribution in [1.29, 1.82) is 0 Å². The van der Waals surface area contributed by atoms with Crippen LogP contribution in [0, 0.1) is 13.8 Å². The molecule has 0 aliphatic heterocycles. The van der Waals surface area contributed by atoms with E-state index in [0.717, 1.165) is 17.9 Å². The minimum absolute atomic E-state index is 1.04. The maximum absolute atomic E-state index is 4.64. The molecular weight excluding hydrogens is 186 g/mol. The summed E-state index contributed by atoms with van der Waals surface area (Å²) >= 11 is 1.06. The normalized spacial score (nSPS) is 10.1. The molecule has 0 aliphatic carbocycles. The van der Waals surface area contributed by atoms with E-state index in [1.165, 1.54) is 18.2 Å². The van der Waals surface area contributed by atoms with Gasteiger partial charge < -0.3 is 4.72 Å². The highest BCUT2D eigenvalue weighted by Crippen LogP contribution is 2.19. The lowest BCUT2D eigenvalue weighted by molar-refractivity contribution is -0.159. The van der Waals surface area contributed by atoms with E-state index in [1.807, 2.05) is 13.8 Å². The molecule has 1 N–H and O–H groups in total. The first-order valence-electron chi connectivity index (χ1n) is 3.93. The van der Waals surface area contributed by atoms with E-state index in [9.17, 15) is 0 Å². The molecule has 0 fully saturated rings. The quantitative estimate of drug-likeness (QED) is 0.265. The van der Waals surface area contributed by atoms with Gasteiger partial charge in [0.25, 0.3) is 0 Å². The van der Waals surface area contributed by atoms with Crippen molar-refractivity contribution in [3.63, 3.8) is 0 Å². The summed E-state index contributed by atoms with van der Waals surface area (Å²) in [6.07, 6.45) is 0. The van der Waals surface area contributed by atoms with Crippen LogP contribution in [0.15, 0.2) is 18.2 Å². The van der Waals surface area contributed by atoms with Gasteiger partial charge in [-0.15, -0.1) is 4.33 Å². The van der Waals surface area contributed by atoms with Crippen molar-refractivity contribution in [3.05, 3.63) is 29.3 Å². The van der Waals surface area contributed by atoms with Gasteiger partial charge in [-0.1, -0.05) is 12.1 Å². The lowest BCUT2D eigenvalue weighted by Crippen LogP contribution is -1.92. The lowest BCUT2D eigenvalue weighted by Gasteiger charge is -2.07. The molecule has 0 saturated carbocycles. The predicted octanol–water partition coefficient (Wildman–Crippen LogP) is 2.86. The third-order valence-corrected chi connectivity index (χ3v) is 2.15. The smallest absolute Gasteiger partial charge is 0.148 e. The van der Waals surface area contributed by atoms with Crippen molar-refractivity contribution >= 4 is 17.9 Å². The third kappa shape index (κ3) is 3.26. The molecule has 0 atom stereocenters. The molecule has 3 nitrogen and oxygen atoms in total. The van der Waals surface area contributed by atoms with Crippen LogP contribution in [-0.4, -0.2) is 7.11 Å². The van der Waals surface area contributed by atoms with Gasteiger partial charge in [-0.05, 0) is 31.0 Å². The molecule has 0 amide bonds. The molecule has 0 heterocycles. The summed E-state index contributed by atoms with van der Waals surface area (Å²) in [6, 6.07) is 6.19. The Morgan fingerprint density at radius 1 is 1.31 bits per heavy atom. The number of hydrogen-bond donors (Lipinski definition) is 1. The first-order valence-corrected chi connectivity index (χ1v) is 4.68. The average Bonchev–Trinajstić information content (AvgIpc) is 2.11. The molecule has 72 valence electrons. The van der Waals surface area contributed by atoms with Gasteiger partial charge in [-0.25, -0.2) is 4.89 Å². The van der Waals surface area contributed by atoms with Crippen LogP contribution in [0.1, 0.15) is 11.1 Å². The molecule has 0 unspecified atom stereocenters. The molecule has 0 aromatic heterocycles. The highest BCUT2D eigenvalue weighted by molar-refractivity contribution is 7.95. The fourth-order valence-electron chi connectivity index (χ4n) is 0.942. The van der Waals surface area contributed by atoms with Gasteiger partial charge in [-0.3, -0.25) is 0 Å². The second-order valence-electron chi connectivity index (χ2n) is 2.74. The first kappa shape index (κ1) is 10.4. The molecule has 13 heavy (non-hydrogen) atoms. The van der Waals surface area contributed by atoms with Gasteiger partial charge in [-0.2, -0.15) is 0 Å². The number of aryl methyl sites for hydroxylation is 2. The van der Waals surface area contributed by atoms with Crippen LogP contribution in [0.25, 0.3) is 0 Å². The Kier molecular flexibility index (Phi) is 4.08. The summed E-state index contributed by atoms with van der Waals surface area (Å²) in [7, 11) is 1.47. The fourth-order valence-corrected chi connectivity index (χ4v) is 1.35. The van der Waals surface area contributed by atoms with Crippen molar-refractivity contribution < 1.29 is 9.22 Å². The van der Waals surface area contributed by atoms with Crippen LogP contribution < -0.4 is 4.72 Å². The minimum Gasteiger partial charge on any atom is -0.304 e. The zero-order valence-corrected chi connectivity index (χ0v) is 8.77. The Hall–Kier alpha value is -0.710. The number of benzene rings is 1. The number of rotatable bonds is 4. The minimum atomic E-state index is 1.04. The number of nitrogens with one attached hydrogen (secondary N) is 1. The maximum Gasteiger partial charge on any atom is 0.148 e. The van der Waals surface area contributed by atoms with E-state index in [4.69, 9.17) is 0 Å². The van der Waals surface area contributed by atoms with Gasteiger partial charge in [0.15, 0.2) is 0 Å². The molecule has 0 spiro atoms. The lowest BCUT2D eigenvalue weighted by atomic mass is 10.1. The largest absolute Gasteiger partial charge is 0.304 e. The molecule has 1 rings (SSSR count). The topological polar surface area (TPSA) is 30.5 Å². The van der Waals surface area contributed by atoms with Gasteiger partial charge >= 0.3 is 0 Å². The van der Waals surface area contributed by atoms with E-state index >= 15 is 0 Å². The molecule has 0 bridgehead atoms. The summed E-state index contributed by atoms with van der Waals surface area (Å²) < 4.78 is 7.66. The molecule has 1 aromatic carbocycles. The number of anilines is 1. The van der Waals surface area contributed by atoms with Crippen LogP contribution >= 0.6 is 12.2 Å². The first-order chi connectivity index (χ1) is 6.24. The Bertz CT molecular complexity index is 278. The van der Waals surface area contributed by atoms with Crippen molar-refractivity contribution in [2.45, 2.75) is 13.8 Å². The van der Waals surface area contributed by atoms with Gasteiger partial charge in [0.2, 0.25) is 0 Å². The van der Waals surface area contributed by atoms with Crippen molar-refractivity contribution in [2.75, 3.05) is 11.8 Å². The summed E-state index contributed by atoms with van der Waals surface area (Å²) in [6.45, 7) is 4.08. The Balaban J connectivity index is 2.59. The molecule has 0 saturated heterocycles. The van der Waals surface area contributed by atoms with Gasteiger partial charge in [0.1, 0.15) is 12.2 Å². The average molecular weight is 199 g/mol. The number of hydrogen-bond acceptors (Lipinski definition) is 4. The van der Waals surface area contributed by atoms with Crippen molar-refractivity contribution in [3.8, 4) is 0 Å². The Labute approximate surface area is 82.7 Å². The fraction of sp³-hybridized carbons (Fsp3) is 0.333. The molecule has 4 heteroatoms. The van der Waals surface area contributed by atoms with E-state index in [2.05, 4.69) is 32.1 Å². The zero-order chi connectivity index (χ0) is 9.68. The standard InChI is InChI=1S/C9H13NO2S/c1-7-4-5-8(2)9(6-7)10-13-12-11-3/h4-6,10H,1-3H3. The van der Waals surface area contributed by atoms with Crippen LogP contribution in [0.3, 0.4) is 0 Å². The van der Waals surface area contributed by atoms with Crippen LogP contribution in [0.2, 0.25) is 0 Å².